The fourth-order valence-electron chi connectivity index (χ4n) is 3.26. The number of halogens is 2. The molecule has 36 heavy (non-hydrogen) atoms. The monoisotopic (exact) mass is 528 g/mol. The lowest BCUT2D eigenvalue weighted by Gasteiger charge is -2.16. The largest absolute Gasteiger partial charge is 0.482 e. The highest BCUT2D eigenvalue weighted by atomic mass is 35.5. The Morgan fingerprint density at radius 3 is 2.69 bits per heavy atom. The first-order valence-corrected chi connectivity index (χ1v) is 11.8. The van der Waals surface area contributed by atoms with Crippen LogP contribution in [0.25, 0.3) is 22.6 Å². The van der Waals surface area contributed by atoms with E-state index < -0.39 is 12.1 Å². The number of oxazole rings is 1. The average molecular weight is 529 g/mol. The van der Waals surface area contributed by atoms with Crippen molar-refractivity contribution in [1.82, 2.24) is 4.98 Å². The summed E-state index contributed by atoms with van der Waals surface area (Å²) >= 11 is 12.1. The van der Waals surface area contributed by atoms with Crippen molar-refractivity contribution in [2.75, 3.05) is 18.5 Å². The van der Waals surface area contributed by atoms with Crippen molar-refractivity contribution in [3.05, 3.63) is 70.7 Å². The number of carbonyl (C=O) groups is 2. The van der Waals surface area contributed by atoms with E-state index in [1.165, 1.54) is 0 Å². The Labute approximate surface area is 217 Å². The van der Waals surface area contributed by atoms with Gasteiger partial charge in [-0.15, -0.1) is 0 Å². The molecule has 1 heterocycles. The van der Waals surface area contributed by atoms with Crippen LogP contribution >= 0.6 is 23.2 Å². The van der Waals surface area contributed by atoms with E-state index in [-0.39, 0.29) is 24.1 Å². The van der Waals surface area contributed by atoms with Crippen LogP contribution in [0.2, 0.25) is 10.0 Å². The van der Waals surface area contributed by atoms with Crippen molar-refractivity contribution >= 4 is 51.9 Å². The van der Waals surface area contributed by atoms with Gasteiger partial charge >= 0.3 is 5.97 Å². The summed E-state index contributed by atoms with van der Waals surface area (Å²) in [7, 11) is 0. The zero-order valence-electron chi connectivity index (χ0n) is 19.4. The Hall–Kier alpha value is -3.75. The SMILES string of the molecule is CCOC(=O)COc1cccc(-c2nc3cc(NC(=O)[C@H](C)Oc4cccc(Cl)c4Cl)ccc3o2)c1. The Morgan fingerprint density at radius 1 is 1.08 bits per heavy atom. The molecule has 0 saturated carbocycles. The number of rotatable bonds is 9. The van der Waals surface area contributed by atoms with Crippen LogP contribution < -0.4 is 14.8 Å². The highest BCUT2D eigenvalue weighted by Crippen LogP contribution is 2.32. The topological polar surface area (TPSA) is 99.9 Å². The average Bonchev–Trinajstić information content (AvgIpc) is 3.29. The third-order valence-electron chi connectivity index (χ3n) is 4.99. The van der Waals surface area contributed by atoms with Crippen LogP contribution in [0.3, 0.4) is 0 Å². The fraction of sp³-hybridized carbons (Fsp3) is 0.192. The van der Waals surface area contributed by atoms with Crippen LogP contribution in [-0.4, -0.2) is 36.2 Å². The maximum absolute atomic E-state index is 12.7. The van der Waals surface area contributed by atoms with Gasteiger partial charge in [-0.2, -0.15) is 0 Å². The summed E-state index contributed by atoms with van der Waals surface area (Å²) in [5, 5.41) is 3.38. The molecule has 4 aromatic rings. The molecule has 1 amide bonds. The van der Waals surface area contributed by atoms with Gasteiger partial charge in [0.2, 0.25) is 5.89 Å². The molecule has 0 radical (unpaired) electrons. The quantitative estimate of drug-likeness (QED) is 0.260. The van der Waals surface area contributed by atoms with Gasteiger partial charge in [-0.3, -0.25) is 4.79 Å². The van der Waals surface area contributed by atoms with Crippen LogP contribution in [0, 0.1) is 0 Å². The van der Waals surface area contributed by atoms with E-state index in [0.717, 1.165) is 0 Å². The zero-order valence-corrected chi connectivity index (χ0v) is 20.9. The van der Waals surface area contributed by atoms with E-state index in [1.807, 2.05) is 6.07 Å². The second-order valence-corrected chi connectivity index (χ2v) is 8.41. The van der Waals surface area contributed by atoms with Crippen LogP contribution in [0.4, 0.5) is 5.69 Å². The number of hydrogen-bond donors (Lipinski definition) is 1. The number of nitrogens with one attached hydrogen (secondary N) is 1. The Bertz CT molecular complexity index is 1400. The van der Waals surface area contributed by atoms with Gasteiger partial charge in [0.25, 0.3) is 5.91 Å². The molecule has 0 unspecified atom stereocenters. The number of amides is 1. The van der Waals surface area contributed by atoms with Gasteiger partial charge in [0.05, 0.1) is 11.6 Å². The molecule has 0 aliphatic heterocycles. The highest BCUT2D eigenvalue weighted by molar-refractivity contribution is 6.42. The minimum Gasteiger partial charge on any atom is -0.482 e. The highest BCUT2D eigenvalue weighted by Gasteiger charge is 2.18. The summed E-state index contributed by atoms with van der Waals surface area (Å²) in [4.78, 5) is 28.7. The van der Waals surface area contributed by atoms with Gasteiger partial charge in [-0.25, -0.2) is 9.78 Å². The minimum absolute atomic E-state index is 0.195. The van der Waals surface area contributed by atoms with Crippen molar-refractivity contribution in [3.63, 3.8) is 0 Å². The minimum atomic E-state index is -0.832. The number of hydrogen-bond acceptors (Lipinski definition) is 7. The molecule has 3 aromatic carbocycles. The summed E-state index contributed by atoms with van der Waals surface area (Å²) < 4.78 is 21.9. The molecule has 4 rings (SSSR count). The zero-order chi connectivity index (χ0) is 25.7. The molecule has 0 bridgehead atoms. The summed E-state index contributed by atoms with van der Waals surface area (Å²) in [5.41, 5.74) is 2.27. The molecule has 0 fully saturated rings. The van der Waals surface area contributed by atoms with E-state index in [0.29, 0.717) is 44.8 Å². The number of esters is 1. The van der Waals surface area contributed by atoms with E-state index in [2.05, 4.69) is 10.3 Å². The molecule has 186 valence electrons. The van der Waals surface area contributed by atoms with Crippen molar-refractivity contribution in [3.8, 4) is 23.0 Å². The molecule has 1 aromatic heterocycles. The number of fused-ring (bicyclic) bond motifs is 1. The Morgan fingerprint density at radius 2 is 1.89 bits per heavy atom. The van der Waals surface area contributed by atoms with Gasteiger partial charge in [0, 0.05) is 11.3 Å². The van der Waals surface area contributed by atoms with Crippen LogP contribution in [-0.2, 0) is 14.3 Å². The predicted octanol–water partition coefficient (Wildman–Crippen LogP) is 6.15. The third kappa shape index (κ3) is 6.08. The molecule has 0 spiro atoms. The number of nitrogens with zero attached hydrogens (tertiary/aromatic N) is 1. The number of benzene rings is 3. The lowest BCUT2D eigenvalue weighted by Crippen LogP contribution is -2.30. The summed E-state index contributed by atoms with van der Waals surface area (Å²) in [5.74, 6) is 0.332. The second-order valence-electron chi connectivity index (χ2n) is 7.62. The summed E-state index contributed by atoms with van der Waals surface area (Å²) in [6.07, 6.45) is -0.832. The molecule has 8 nitrogen and oxygen atoms in total. The van der Waals surface area contributed by atoms with Gasteiger partial charge in [0.15, 0.2) is 18.3 Å². The van der Waals surface area contributed by atoms with Crippen molar-refractivity contribution in [2.45, 2.75) is 20.0 Å². The molecule has 10 heteroatoms. The molecule has 0 saturated heterocycles. The van der Waals surface area contributed by atoms with Gasteiger partial charge in [-0.05, 0) is 62.4 Å². The molecular weight excluding hydrogens is 507 g/mol. The molecule has 0 aliphatic carbocycles. The number of anilines is 1. The maximum Gasteiger partial charge on any atom is 0.344 e. The first kappa shape index (κ1) is 25.3. The summed E-state index contributed by atoms with van der Waals surface area (Å²) in [6, 6.07) is 17.1. The van der Waals surface area contributed by atoms with Gasteiger partial charge in [0.1, 0.15) is 22.0 Å². The van der Waals surface area contributed by atoms with Gasteiger partial charge < -0.3 is 23.9 Å². The smallest absolute Gasteiger partial charge is 0.344 e. The number of ether oxygens (including phenoxy) is 3. The first-order valence-electron chi connectivity index (χ1n) is 11.0. The van der Waals surface area contributed by atoms with Crippen LogP contribution in [0.5, 0.6) is 11.5 Å². The lowest BCUT2D eigenvalue weighted by molar-refractivity contribution is -0.145. The van der Waals surface area contributed by atoms with Crippen molar-refractivity contribution < 1.29 is 28.2 Å². The van der Waals surface area contributed by atoms with Crippen LogP contribution in [0.1, 0.15) is 13.8 Å². The molecule has 1 atom stereocenters. The van der Waals surface area contributed by atoms with E-state index in [4.69, 9.17) is 41.8 Å². The molecule has 1 N–H and O–H groups in total. The first-order chi connectivity index (χ1) is 17.3. The number of aromatic nitrogens is 1. The Balaban J connectivity index is 1.45. The van der Waals surface area contributed by atoms with E-state index in [1.54, 1.807) is 68.4 Å². The number of carbonyl (C=O) groups excluding carboxylic acids is 2. The Kier molecular flexibility index (Phi) is 7.97. The standard InChI is InChI=1S/C26H22Cl2N2O6/c1-3-33-23(31)14-34-18-7-4-6-16(12-18)26-30-20-13-17(10-11-21(20)36-26)29-25(32)15(2)35-22-9-5-8-19(27)24(22)28/h4-13,15H,3,14H2,1-2H3,(H,29,32)/t15-/m0/s1. The van der Waals surface area contributed by atoms with Crippen molar-refractivity contribution in [2.24, 2.45) is 0 Å². The fourth-order valence-corrected chi connectivity index (χ4v) is 3.59. The van der Waals surface area contributed by atoms with E-state index in [9.17, 15) is 9.59 Å². The second kappa shape index (κ2) is 11.3. The third-order valence-corrected chi connectivity index (χ3v) is 5.79. The predicted molar refractivity (Wildman–Crippen MR) is 137 cm³/mol. The normalized spacial score (nSPS) is 11.7. The van der Waals surface area contributed by atoms with E-state index >= 15 is 0 Å². The van der Waals surface area contributed by atoms with Crippen LogP contribution in [0.15, 0.2) is 65.1 Å². The maximum atomic E-state index is 12.7. The summed E-state index contributed by atoms with van der Waals surface area (Å²) in [6.45, 7) is 3.43. The van der Waals surface area contributed by atoms with Gasteiger partial charge in [-0.1, -0.05) is 35.3 Å². The molecule has 0 aliphatic rings. The lowest BCUT2D eigenvalue weighted by atomic mass is 10.2. The van der Waals surface area contributed by atoms with Crippen molar-refractivity contribution in [1.29, 1.82) is 0 Å². The molecular formula is C26H22Cl2N2O6.